The Morgan fingerprint density at radius 1 is 1.06 bits per heavy atom. The maximum Gasteiger partial charge on any atom is 0.241 e. The number of amides is 1. The van der Waals surface area contributed by atoms with Gasteiger partial charge in [0.15, 0.2) is 0 Å². The monoisotopic (exact) mass is 448 g/mol. The summed E-state index contributed by atoms with van der Waals surface area (Å²) in [4.78, 5) is 12.8. The Morgan fingerprint density at radius 3 is 2.29 bits per heavy atom. The molecule has 8 heteroatoms. The maximum absolute atomic E-state index is 12.8. The quantitative estimate of drug-likeness (QED) is 0.631. The number of nitrogens with zero attached hydrogens (tertiary/aromatic N) is 1. The van der Waals surface area contributed by atoms with Crippen LogP contribution in [0.3, 0.4) is 0 Å². The number of hydrogen-bond acceptors (Lipinski definition) is 5. The van der Waals surface area contributed by atoms with E-state index in [0.29, 0.717) is 11.4 Å². The highest BCUT2D eigenvalue weighted by Crippen LogP contribution is 2.32. The molecule has 0 aliphatic rings. The normalized spacial score (nSPS) is 12.4. The van der Waals surface area contributed by atoms with Crippen molar-refractivity contribution in [3.05, 3.63) is 53.1 Å². The summed E-state index contributed by atoms with van der Waals surface area (Å²) in [6.07, 6.45) is 1.08. The van der Waals surface area contributed by atoms with Gasteiger partial charge in [0, 0.05) is 6.07 Å². The first-order chi connectivity index (χ1) is 14.5. The molecular weight excluding hydrogens is 416 g/mol. The second-order valence-electron chi connectivity index (χ2n) is 7.87. The fourth-order valence-corrected chi connectivity index (χ4v) is 4.32. The standard InChI is InChI=1S/C23H32N2O5S/c1-15(2)20-13-21(16(3)11-22(20)30-6)17(4)24-23(26)14-25(31(7,27)28)18-9-8-10-19(12-18)29-5/h8-13,15,17H,14H2,1-7H3,(H,24,26). The van der Waals surface area contributed by atoms with Crippen molar-refractivity contribution in [1.82, 2.24) is 5.32 Å². The molecule has 31 heavy (non-hydrogen) atoms. The summed E-state index contributed by atoms with van der Waals surface area (Å²) in [5, 5.41) is 2.92. The number of methoxy groups -OCH3 is 2. The van der Waals surface area contributed by atoms with E-state index in [9.17, 15) is 13.2 Å². The predicted octanol–water partition coefficient (Wildman–Crippen LogP) is 3.78. The number of carbonyl (C=O) groups excluding carboxylic acids is 1. The van der Waals surface area contributed by atoms with Crippen molar-refractivity contribution < 1.29 is 22.7 Å². The second kappa shape index (κ2) is 10.0. The zero-order chi connectivity index (χ0) is 23.3. The fourth-order valence-electron chi connectivity index (χ4n) is 3.47. The minimum Gasteiger partial charge on any atom is -0.497 e. The number of benzene rings is 2. The topological polar surface area (TPSA) is 84.9 Å². The van der Waals surface area contributed by atoms with Gasteiger partial charge in [0.2, 0.25) is 15.9 Å². The van der Waals surface area contributed by atoms with Crippen LogP contribution < -0.4 is 19.1 Å². The lowest BCUT2D eigenvalue weighted by molar-refractivity contribution is -0.120. The number of hydrogen-bond donors (Lipinski definition) is 1. The Hall–Kier alpha value is -2.74. The lowest BCUT2D eigenvalue weighted by atomic mass is 9.93. The van der Waals surface area contributed by atoms with E-state index in [4.69, 9.17) is 9.47 Å². The minimum atomic E-state index is -3.67. The molecule has 0 radical (unpaired) electrons. The third-order valence-corrected chi connectivity index (χ3v) is 6.25. The van der Waals surface area contributed by atoms with Gasteiger partial charge in [-0.15, -0.1) is 0 Å². The van der Waals surface area contributed by atoms with E-state index in [2.05, 4.69) is 19.2 Å². The van der Waals surface area contributed by atoms with Crippen molar-refractivity contribution in [2.75, 3.05) is 31.3 Å². The molecule has 0 spiro atoms. The zero-order valence-corrected chi connectivity index (χ0v) is 20.0. The van der Waals surface area contributed by atoms with Gasteiger partial charge in [-0.05, 0) is 60.7 Å². The molecule has 1 N–H and O–H groups in total. The molecule has 170 valence electrons. The van der Waals surface area contributed by atoms with Gasteiger partial charge in [-0.1, -0.05) is 19.9 Å². The molecule has 0 aliphatic carbocycles. The molecule has 2 aromatic rings. The van der Waals surface area contributed by atoms with Gasteiger partial charge in [0.05, 0.1) is 32.2 Å². The molecule has 0 saturated carbocycles. The lowest BCUT2D eigenvalue weighted by Crippen LogP contribution is -2.41. The molecule has 0 fully saturated rings. The summed E-state index contributed by atoms with van der Waals surface area (Å²) in [7, 11) is -0.530. The van der Waals surface area contributed by atoms with E-state index >= 15 is 0 Å². The Kier molecular flexibility index (Phi) is 7.95. The van der Waals surface area contributed by atoms with E-state index in [1.165, 1.54) is 7.11 Å². The highest BCUT2D eigenvalue weighted by atomic mass is 32.2. The fraction of sp³-hybridized carbons (Fsp3) is 0.435. The van der Waals surface area contributed by atoms with Crippen LogP contribution >= 0.6 is 0 Å². The predicted molar refractivity (Wildman–Crippen MR) is 124 cm³/mol. The molecule has 1 atom stereocenters. The van der Waals surface area contributed by atoms with Crippen LogP contribution in [-0.2, 0) is 14.8 Å². The number of ether oxygens (including phenoxy) is 2. The van der Waals surface area contributed by atoms with Crippen molar-refractivity contribution >= 4 is 21.6 Å². The van der Waals surface area contributed by atoms with Crippen molar-refractivity contribution in [3.8, 4) is 11.5 Å². The third kappa shape index (κ3) is 6.13. The third-order valence-electron chi connectivity index (χ3n) is 5.11. The van der Waals surface area contributed by atoms with Crippen LogP contribution in [0, 0.1) is 6.92 Å². The Labute approximate surface area is 185 Å². The lowest BCUT2D eigenvalue weighted by Gasteiger charge is -2.25. The molecule has 2 aromatic carbocycles. The highest BCUT2D eigenvalue weighted by molar-refractivity contribution is 7.92. The number of nitrogens with one attached hydrogen (secondary N) is 1. The number of anilines is 1. The average molecular weight is 449 g/mol. The molecule has 0 heterocycles. The molecular formula is C23H32N2O5S. The largest absolute Gasteiger partial charge is 0.497 e. The molecule has 1 unspecified atom stereocenters. The molecule has 2 rings (SSSR count). The first kappa shape index (κ1) is 24.5. The molecule has 0 saturated heterocycles. The Bertz CT molecular complexity index is 1030. The first-order valence-electron chi connectivity index (χ1n) is 10.1. The summed E-state index contributed by atoms with van der Waals surface area (Å²) in [6.45, 7) is 7.68. The van der Waals surface area contributed by atoms with Gasteiger partial charge >= 0.3 is 0 Å². The highest BCUT2D eigenvalue weighted by Gasteiger charge is 2.23. The number of sulfonamides is 1. The van der Waals surface area contributed by atoms with E-state index in [1.54, 1.807) is 31.4 Å². The maximum atomic E-state index is 12.8. The van der Waals surface area contributed by atoms with Crippen LogP contribution in [0.2, 0.25) is 0 Å². The SMILES string of the molecule is COc1cccc(N(CC(=O)NC(C)c2cc(C(C)C)c(OC)cc2C)S(C)(=O)=O)c1. The molecule has 1 amide bonds. The second-order valence-corrected chi connectivity index (χ2v) is 9.77. The Morgan fingerprint density at radius 2 is 1.74 bits per heavy atom. The van der Waals surface area contributed by atoms with Gasteiger partial charge in [-0.25, -0.2) is 8.42 Å². The van der Waals surface area contributed by atoms with E-state index in [0.717, 1.165) is 33.0 Å². The van der Waals surface area contributed by atoms with Gasteiger partial charge in [0.25, 0.3) is 0 Å². The summed E-state index contributed by atoms with van der Waals surface area (Å²) >= 11 is 0. The van der Waals surface area contributed by atoms with Crippen molar-refractivity contribution in [2.24, 2.45) is 0 Å². The Balaban J connectivity index is 2.26. The zero-order valence-electron chi connectivity index (χ0n) is 19.2. The van der Waals surface area contributed by atoms with Gasteiger partial charge < -0.3 is 14.8 Å². The minimum absolute atomic E-state index is 0.256. The molecule has 0 bridgehead atoms. The van der Waals surface area contributed by atoms with Crippen molar-refractivity contribution in [1.29, 1.82) is 0 Å². The van der Waals surface area contributed by atoms with Crippen molar-refractivity contribution in [3.63, 3.8) is 0 Å². The number of aryl methyl sites for hydroxylation is 1. The van der Waals surface area contributed by atoms with Crippen LogP contribution in [0.1, 0.15) is 49.4 Å². The molecule has 7 nitrogen and oxygen atoms in total. The number of carbonyl (C=O) groups is 1. The smallest absolute Gasteiger partial charge is 0.241 e. The van der Waals surface area contributed by atoms with Crippen LogP contribution in [0.15, 0.2) is 36.4 Å². The van der Waals surface area contributed by atoms with Crippen LogP contribution in [-0.4, -0.2) is 41.3 Å². The first-order valence-corrected chi connectivity index (χ1v) is 11.9. The van der Waals surface area contributed by atoms with E-state index in [-0.39, 0.29) is 18.5 Å². The van der Waals surface area contributed by atoms with E-state index < -0.39 is 15.9 Å². The summed E-state index contributed by atoms with van der Waals surface area (Å²) < 4.78 is 36.4. The van der Waals surface area contributed by atoms with Crippen LogP contribution in [0.4, 0.5) is 5.69 Å². The van der Waals surface area contributed by atoms with Crippen LogP contribution in [0.5, 0.6) is 11.5 Å². The summed E-state index contributed by atoms with van der Waals surface area (Å²) in [5.74, 6) is 1.18. The molecule has 0 aromatic heterocycles. The van der Waals surface area contributed by atoms with Gasteiger partial charge in [0.1, 0.15) is 18.0 Å². The number of rotatable bonds is 9. The summed E-state index contributed by atoms with van der Waals surface area (Å²) in [5.41, 5.74) is 3.37. The molecule has 0 aliphatic heterocycles. The van der Waals surface area contributed by atoms with Crippen LogP contribution in [0.25, 0.3) is 0 Å². The summed E-state index contributed by atoms with van der Waals surface area (Å²) in [6, 6.07) is 10.3. The van der Waals surface area contributed by atoms with E-state index in [1.807, 2.05) is 26.0 Å². The average Bonchev–Trinajstić information content (AvgIpc) is 2.70. The van der Waals surface area contributed by atoms with Gasteiger partial charge in [-0.3, -0.25) is 9.10 Å². The van der Waals surface area contributed by atoms with Crippen molar-refractivity contribution in [2.45, 2.75) is 39.7 Å². The van der Waals surface area contributed by atoms with Gasteiger partial charge in [-0.2, -0.15) is 0 Å².